The van der Waals surface area contributed by atoms with E-state index < -0.39 is 43.1 Å². The van der Waals surface area contributed by atoms with E-state index in [2.05, 4.69) is 9.97 Å². The van der Waals surface area contributed by atoms with Crippen molar-refractivity contribution >= 4 is 24.4 Å². The second-order valence-electron chi connectivity index (χ2n) is 8.46. The lowest BCUT2D eigenvalue weighted by molar-refractivity contribution is -0.0688. The summed E-state index contributed by atoms with van der Waals surface area (Å²) in [6, 6.07) is 1.69. The summed E-state index contributed by atoms with van der Waals surface area (Å²) >= 11 is 0. The molecule has 0 aromatic carbocycles. The summed E-state index contributed by atoms with van der Waals surface area (Å²) in [6.07, 6.45) is -1.13. The average molecular weight is 458 g/mol. The van der Waals surface area contributed by atoms with Gasteiger partial charge in [-0.3, -0.25) is 4.57 Å². The number of nitrogens with zero attached hydrogens (tertiary/aromatic N) is 3. The van der Waals surface area contributed by atoms with Crippen LogP contribution in [0.2, 0.25) is 0 Å². The fourth-order valence-corrected chi connectivity index (χ4v) is 4.99. The van der Waals surface area contributed by atoms with Crippen LogP contribution in [0, 0.1) is 0 Å². The second kappa shape index (κ2) is 8.40. The van der Waals surface area contributed by atoms with E-state index in [1.807, 2.05) is 0 Å². The molecule has 1 saturated heterocycles. The van der Waals surface area contributed by atoms with E-state index in [1.54, 1.807) is 37.6 Å². The molecule has 0 bridgehead atoms. The molecule has 12 heteroatoms. The monoisotopic (exact) mass is 458 g/mol. The molecule has 7 atom stereocenters. The maximum absolute atomic E-state index is 12.7. The first kappa shape index (κ1) is 24.1. The first-order valence-corrected chi connectivity index (χ1v) is 11.8. The molecule has 0 aliphatic carbocycles. The summed E-state index contributed by atoms with van der Waals surface area (Å²) in [6.45, 7) is 6.19. The topological polar surface area (TPSA) is 173 Å². The number of hydrogen-bond acceptors (Lipinski definition) is 9. The van der Waals surface area contributed by atoms with Gasteiger partial charge in [0.1, 0.15) is 30.0 Å². The quantitative estimate of drug-likeness (QED) is 0.365. The Bertz CT molecular complexity index is 983. The zero-order valence-electron chi connectivity index (χ0n) is 18.0. The van der Waals surface area contributed by atoms with Gasteiger partial charge in [-0.2, -0.15) is 0 Å². The van der Waals surface area contributed by atoms with Crippen LogP contribution in [-0.2, 0) is 13.8 Å². The summed E-state index contributed by atoms with van der Waals surface area (Å²) in [7, 11) is -4.41. The predicted octanol–water partition coefficient (Wildman–Crippen LogP) is 1.51. The minimum atomic E-state index is -4.41. The van der Waals surface area contributed by atoms with E-state index in [1.165, 1.54) is 13.3 Å². The summed E-state index contributed by atoms with van der Waals surface area (Å²) in [5.74, 6) is 0.280. The molecule has 4 unspecified atom stereocenters. The summed E-state index contributed by atoms with van der Waals surface area (Å²) in [5, 5.41) is 30.2. The minimum Gasteiger partial charge on any atom is -0.388 e. The number of anilines is 1. The van der Waals surface area contributed by atoms with Gasteiger partial charge in [0.2, 0.25) is 0 Å². The molecule has 3 heterocycles. The van der Waals surface area contributed by atoms with E-state index in [-0.39, 0.29) is 18.7 Å². The zero-order chi connectivity index (χ0) is 23.2. The van der Waals surface area contributed by atoms with Gasteiger partial charge in [0.05, 0.1) is 17.1 Å². The molecular weight excluding hydrogens is 427 g/mol. The number of nitrogens with two attached hydrogens (primary N) is 1. The largest absolute Gasteiger partial charge is 0.388 e. The van der Waals surface area contributed by atoms with Gasteiger partial charge in [-0.1, -0.05) is 13.8 Å². The Balaban J connectivity index is 1.83. The Morgan fingerprint density at radius 2 is 1.94 bits per heavy atom. The van der Waals surface area contributed by atoms with Crippen molar-refractivity contribution in [1.82, 2.24) is 14.5 Å². The van der Waals surface area contributed by atoms with Crippen molar-refractivity contribution in [2.24, 2.45) is 0 Å². The third-order valence-electron chi connectivity index (χ3n) is 6.15. The second-order valence-corrected chi connectivity index (χ2v) is 10.6. The molecule has 0 spiro atoms. The van der Waals surface area contributed by atoms with Crippen LogP contribution in [0.1, 0.15) is 53.2 Å². The maximum Gasteiger partial charge on any atom is 0.359 e. The van der Waals surface area contributed by atoms with Crippen LogP contribution >= 0.6 is 7.60 Å². The van der Waals surface area contributed by atoms with Gasteiger partial charge in [0, 0.05) is 12.6 Å². The molecule has 2 aromatic heterocycles. The molecule has 31 heavy (non-hydrogen) atoms. The zero-order valence-corrected chi connectivity index (χ0v) is 18.9. The van der Waals surface area contributed by atoms with Crippen molar-refractivity contribution in [1.29, 1.82) is 0 Å². The van der Waals surface area contributed by atoms with Gasteiger partial charge in [-0.15, -0.1) is 0 Å². The molecule has 0 saturated carbocycles. The highest BCUT2D eigenvalue weighted by Crippen LogP contribution is 2.59. The summed E-state index contributed by atoms with van der Waals surface area (Å²) < 4.78 is 25.7. The Morgan fingerprint density at radius 3 is 2.55 bits per heavy atom. The van der Waals surface area contributed by atoms with Crippen molar-refractivity contribution in [3.05, 3.63) is 18.6 Å². The predicted molar refractivity (Wildman–Crippen MR) is 113 cm³/mol. The number of rotatable bonds is 8. The highest BCUT2D eigenvalue weighted by molar-refractivity contribution is 7.54. The van der Waals surface area contributed by atoms with Crippen molar-refractivity contribution in [3.8, 4) is 0 Å². The fourth-order valence-electron chi connectivity index (χ4n) is 3.59. The Kier molecular flexibility index (Phi) is 6.52. The van der Waals surface area contributed by atoms with Crippen LogP contribution in [0.3, 0.4) is 0 Å². The lowest BCUT2D eigenvalue weighted by atomic mass is 9.93. The van der Waals surface area contributed by atoms with E-state index in [9.17, 15) is 24.8 Å². The normalized spacial score (nSPS) is 30.1. The Hall–Kier alpha value is -1.59. The molecule has 0 radical (unpaired) electrons. The number of aromatic nitrogens is 3. The molecule has 1 aliphatic heterocycles. The molecule has 174 valence electrons. The third-order valence-corrected chi connectivity index (χ3v) is 8.38. The number of fused-ring (bicyclic) bond motifs is 1. The Labute approximate surface area is 180 Å². The number of hydrogen-bond donors (Lipinski definition) is 5. The number of aliphatic hydroxyl groups excluding tert-OH is 2. The smallest absolute Gasteiger partial charge is 0.359 e. The number of nitrogen functional groups attached to an aromatic ring is 1. The van der Waals surface area contributed by atoms with E-state index in [0.29, 0.717) is 17.5 Å². The molecule has 0 amide bonds. The van der Waals surface area contributed by atoms with Crippen molar-refractivity contribution in [3.63, 3.8) is 0 Å². The first-order valence-electron chi connectivity index (χ1n) is 10.2. The maximum atomic E-state index is 12.7. The van der Waals surface area contributed by atoms with Gasteiger partial charge >= 0.3 is 7.60 Å². The minimum absolute atomic E-state index is 0.0128. The van der Waals surface area contributed by atoms with Gasteiger partial charge in [-0.25, -0.2) is 9.97 Å². The van der Waals surface area contributed by atoms with Crippen LogP contribution in [-0.4, -0.2) is 64.0 Å². The summed E-state index contributed by atoms with van der Waals surface area (Å²) in [5.41, 5.74) is 5.10. The van der Waals surface area contributed by atoms with Crippen molar-refractivity contribution in [2.75, 3.05) is 5.73 Å². The van der Waals surface area contributed by atoms with Crippen LogP contribution in [0.4, 0.5) is 5.82 Å². The molecule has 3 rings (SSSR count). The standard InChI is InChI=1S/C19H31N4O7P/c1-5-18(3,30-31(27,28)19(4,26)6-2)9-12-13(24)14(25)17(29-12)23-8-7-11-15(20)21-10-22-16(11)23/h7-8,10,12-14,17,24-26H,5-6,9H2,1-4H3,(H,27,28)(H2,20,21,22)/t12-,13-,14-,17?,18?,19?/m1/s1. The van der Waals surface area contributed by atoms with Gasteiger partial charge in [0.15, 0.2) is 11.6 Å². The lowest BCUT2D eigenvalue weighted by Crippen LogP contribution is -2.40. The van der Waals surface area contributed by atoms with Crippen molar-refractivity contribution in [2.45, 2.75) is 82.4 Å². The van der Waals surface area contributed by atoms with Crippen LogP contribution in [0.15, 0.2) is 18.6 Å². The Morgan fingerprint density at radius 1 is 1.26 bits per heavy atom. The van der Waals surface area contributed by atoms with E-state index >= 15 is 0 Å². The van der Waals surface area contributed by atoms with Crippen LogP contribution in [0.5, 0.6) is 0 Å². The molecule has 1 aliphatic rings. The van der Waals surface area contributed by atoms with E-state index in [4.69, 9.17) is 15.0 Å². The van der Waals surface area contributed by atoms with Crippen LogP contribution in [0.25, 0.3) is 11.0 Å². The van der Waals surface area contributed by atoms with Gasteiger partial charge in [0.25, 0.3) is 0 Å². The highest BCUT2D eigenvalue weighted by Gasteiger charge is 2.50. The van der Waals surface area contributed by atoms with Gasteiger partial charge < -0.3 is 39.8 Å². The molecule has 1 fully saturated rings. The molecule has 11 nitrogen and oxygen atoms in total. The molecule has 6 N–H and O–H groups in total. The lowest BCUT2D eigenvalue weighted by Gasteiger charge is -2.37. The summed E-state index contributed by atoms with van der Waals surface area (Å²) in [4.78, 5) is 18.5. The molecule has 2 aromatic rings. The fraction of sp³-hybridized carbons (Fsp3) is 0.684. The van der Waals surface area contributed by atoms with Crippen LogP contribution < -0.4 is 5.73 Å². The first-order chi connectivity index (χ1) is 14.4. The molecular formula is C19H31N4O7P. The van der Waals surface area contributed by atoms with Gasteiger partial charge in [-0.05, 0) is 32.8 Å². The number of ether oxygens (including phenoxy) is 1. The van der Waals surface area contributed by atoms with Crippen molar-refractivity contribution < 1.29 is 34.0 Å². The average Bonchev–Trinajstić information content (AvgIpc) is 3.25. The number of aliphatic hydroxyl groups is 3. The third kappa shape index (κ3) is 4.36. The van der Waals surface area contributed by atoms with E-state index in [0.717, 1.165) is 0 Å². The highest BCUT2D eigenvalue weighted by atomic mass is 31.2. The SMILES string of the molecule is CCC(C)(C[C@H]1OC(n2ccc3c(N)ncnc32)[C@H](O)[C@@H]1O)OP(=O)(O)C(C)(O)CC.